The quantitative estimate of drug-likeness (QED) is 0.785. The highest BCUT2D eigenvalue weighted by Gasteiger charge is 2.23. The number of hydrogen-bond acceptors (Lipinski definition) is 2. The third-order valence-corrected chi connectivity index (χ3v) is 3.28. The van der Waals surface area contributed by atoms with Crippen LogP contribution in [0.5, 0.6) is 5.75 Å². The Hall–Kier alpha value is -1.51. The molecule has 92 valence electrons. The summed E-state index contributed by atoms with van der Waals surface area (Å²) < 4.78 is 5.24. The molecule has 1 amide bonds. The molecule has 0 spiro atoms. The molecule has 2 rings (SSSR count). The fourth-order valence-corrected chi connectivity index (χ4v) is 2.37. The van der Waals surface area contributed by atoms with E-state index in [0.717, 1.165) is 19.5 Å². The minimum atomic E-state index is 0.0917. The minimum absolute atomic E-state index is 0.0917. The van der Waals surface area contributed by atoms with Gasteiger partial charge in [0.2, 0.25) is 0 Å². The van der Waals surface area contributed by atoms with Crippen molar-refractivity contribution in [3.8, 4) is 5.75 Å². The van der Waals surface area contributed by atoms with E-state index in [4.69, 9.17) is 4.74 Å². The molecule has 1 aliphatic rings. The summed E-state index contributed by atoms with van der Waals surface area (Å²) in [5, 5.41) is 0. The first kappa shape index (κ1) is 12.0. The van der Waals surface area contributed by atoms with E-state index >= 15 is 0 Å². The molecule has 3 heteroatoms. The Balaban J connectivity index is 2.18. The van der Waals surface area contributed by atoms with Gasteiger partial charge in [-0.25, -0.2) is 0 Å². The van der Waals surface area contributed by atoms with Gasteiger partial charge in [-0.3, -0.25) is 4.79 Å². The van der Waals surface area contributed by atoms with Crippen molar-refractivity contribution >= 4 is 5.91 Å². The molecule has 3 nitrogen and oxygen atoms in total. The number of rotatable bonds is 2. The van der Waals surface area contributed by atoms with Gasteiger partial charge in [0.05, 0.1) is 12.7 Å². The van der Waals surface area contributed by atoms with Gasteiger partial charge < -0.3 is 9.64 Å². The topological polar surface area (TPSA) is 29.5 Å². The van der Waals surface area contributed by atoms with Gasteiger partial charge in [-0.15, -0.1) is 0 Å². The Kier molecular flexibility index (Phi) is 3.67. The lowest BCUT2D eigenvalue weighted by atomic mass is 9.99. The number of para-hydroxylation sites is 1. The van der Waals surface area contributed by atoms with Gasteiger partial charge in [-0.05, 0) is 30.9 Å². The number of ether oxygens (including phenoxy) is 1. The number of benzene rings is 1. The summed E-state index contributed by atoms with van der Waals surface area (Å²) >= 11 is 0. The van der Waals surface area contributed by atoms with Crippen LogP contribution >= 0.6 is 0 Å². The average molecular weight is 233 g/mol. The lowest BCUT2D eigenvalue weighted by molar-refractivity contribution is 0.0679. The number of nitrogens with zero attached hydrogens (tertiary/aromatic N) is 1. The van der Waals surface area contributed by atoms with Crippen molar-refractivity contribution < 1.29 is 9.53 Å². The lowest BCUT2D eigenvalue weighted by Crippen LogP contribution is -2.39. The molecule has 1 atom stereocenters. The maximum atomic E-state index is 12.4. The first-order chi connectivity index (χ1) is 8.22. The highest BCUT2D eigenvalue weighted by Crippen LogP contribution is 2.23. The number of carbonyl (C=O) groups is 1. The predicted octanol–water partition coefficient (Wildman–Crippen LogP) is 2.57. The molecule has 1 aromatic carbocycles. The van der Waals surface area contributed by atoms with Crippen molar-refractivity contribution in [3.05, 3.63) is 29.8 Å². The van der Waals surface area contributed by atoms with E-state index in [9.17, 15) is 4.79 Å². The lowest BCUT2D eigenvalue weighted by Gasteiger charge is -2.31. The zero-order chi connectivity index (χ0) is 12.3. The SMILES string of the molecule is COc1ccccc1C(=O)N1CCCC(C)C1. The van der Waals surface area contributed by atoms with Gasteiger partial charge in [-0.1, -0.05) is 19.1 Å². The smallest absolute Gasteiger partial charge is 0.257 e. The number of methoxy groups -OCH3 is 1. The second-order valence-corrected chi connectivity index (χ2v) is 4.70. The van der Waals surface area contributed by atoms with Crippen molar-refractivity contribution in [1.29, 1.82) is 0 Å². The van der Waals surface area contributed by atoms with Crippen LogP contribution in [0, 0.1) is 5.92 Å². The summed E-state index contributed by atoms with van der Waals surface area (Å²) in [6.45, 7) is 3.92. The average Bonchev–Trinajstić information content (AvgIpc) is 2.38. The summed E-state index contributed by atoms with van der Waals surface area (Å²) in [5.41, 5.74) is 0.670. The molecule has 1 unspecified atom stereocenters. The Labute approximate surface area is 102 Å². The van der Waals surface area contributed by atoms with Gasteiger partial charge >= 0.3 is 0 Å². The first-order valence-electron chi connectivity index (χ1n) is 6.14. The molecule has 17 heavy (non-hydrogen) atoms. The molecular formula is C14H19NO2. The van der Waals surface area contributed by atoms with Crippen LogP contribution in [0.2, 0.25) is 0 Å². The summed E-state index contributed by atoms with van der Waals surface area (Å²) in [6.07, 6.45) is 2.32. The van der Waals surface area contributed by atoms with E-state index in [1.54, 1.807) is 7.11 Å². The first-order valence-corrected chi connectivity index (χ1v) is 6.14. The number of likely N-dealkylation sites (tertiary alicyclic amines) is 1. The van der Waals surface area contributed by atoms with E-state index in [1.807, 2.05) is 29.2 Å². The molecule has 0 N–H and O–H groups in total. The molecule has 0 radical (unpaired) electrons. The predicted molar refractivity (Wildman–Crippen MR) is 67.3 cm³/mol. The van der Waals surface area contributed by atoms with Gasteiger partial charge in [-0.2, -0.15) is 0 Å². The summed E-state index contributed by atoms with van der Waals surface area (Å²) in [7, 11) is 1.60. The highest BCUT2D eigenvalue weighted by molar-refractivity contribution is 5.97. The third-order valence-electron chi connectivity index (χ3n) is 3.28. The molecule has 0 aliphatic carbocycles. The highest BCUT2D eigenvalue weighted by atomic mass is 16.5. The maximum absolute atomic E-state index is 12.4. The number of piperidine rings is 1. The molecular weight excluding hydrogens is 214 g/mol. The van der Waals surface area contributed by atoms with E-state index in [2.05, 4.69) is 6.92 Å². The van der Waals surface area contributed by atoms with Gasteiger partial charge in [0.15, 0.2) is 0 Å². The number of carbonyl (C=O) groups excluding carboxylic acids is 1. The Morgan fingerprint density at radius 3 is 2.88 bits per heavy atom. The molecule has 1 saturated heterocycles. The summed E-state index contributed by atoms with van der Waals surface area (Å²) in [4.78, 5) is 14.3. The van der Waals surface area contributed by atoms with Crippen LogP contribution in [0.4, 0.5) is 0 Å². The Morgan fingerprint density at radius 2 is 2.18 bits per heavy atom. The van der Waals surface area contributed by atoms with Crippen LogP contribution < -0.4 is 4.74 Å². The Morgan fingerprint density at radius 1 is 1.41 bits per heavy atom. The molecule has 0 aromatic heterocycles. The van der Waals surface area contributed by atoms with Gasteiger partial charge in [0.1, 0.15) is 5.75 Å². The van der Waals surface area contributed by atoms with Crippen LogP contribution in [-0.2, 0) is 0 Å². The maximum Gasteiger partial charge on any atom is 0.257 e. The standard InChI is InChI=1S/C14H19NO2/c1-11-6-5-9-15(10-11)14(16)12-7-3-4-8-13(12)17-2/h3-4,7-8,11H,5-6,9-10H2,1-2H3. The number of hydrogen-bond donors (Lipinski definition) is 0. The zero-order valence-corrected chi connectivity index (χ0v) is 10.5. The van der Waals surface area contributed by atoms with Crippen molar-refractivity contribution in [2.45, 2.75) is 19.8 Å². The van der Waals surface area contributed by atoms with Crippen molar-refractivity contribution in [2.24, 2.45) is 5.92 Å². The monoisotopic (exact) mass is 233 g/mol. The largest absolute Gasteiger partial charge is 0.496 e. The van der Waals surface area contributed by atoms with E-state index < -0.39 is 0 Å². The van der Waals surface area contributed by atoms with Crippen LogP contribution in [0.15, 0.2) is 24.3 Å². The van der Waals surface area contributed by atoms with Gasteiger partial charge in [0.25, 0.3) is 5.91 Å². The number of amides is 1. The normalized spacial score (nSPS) is 20.1. The van der Waals surface area contributed by atoms with E-state index in [-0.39, 0.29) is 5.91 Å². The van der Waals surface area contributed by atoms with E-state index in [0.29, 0.717) is 17.2 Å². The molecule has 1 fully saturated rings. The fourth-order valence-electron chi connectivity index (χ4n) is 2.37. The van der Waals surface area contributed by atoms with Crippen LogP contribution in [-0.4, -0.2) is 31.0 Å². The molecule has 0 bridgehead atoms. The van der Waals surface area contributed by atoms with Crippen molar-refractivity contribution in [3.63, 3.8) is 0 Å². The molecule has 1 heterocycles. The molecule has 1 aromatic rings. The second kappa shape index (κ2) is 5.21. The van der Waals surface area contributed by atoms with Crippen molar-refractivity contribution in [2.75, 3.05) is 20.2 Å². The second-order valence-electron chi connectivity index (χ2n) is 4.70. The molecule has 0 saturated carbocycles. The summed E-state index contributed by atoms with van der Waals surface area (Å²) in [6, 6.07) is 7.43. The van der Waals surface area contributed by atoms with E-state index in [1.165, 1.54) is 6.42 Å². The van der Waals surface area contributed by atoms with Crippen LogP contribution in [0.1, 0.15) is 30.1 Å². The zero-order valence-electron chi connectivity index (χ0n) is 10.5. The molecule has 1 aliphatic heterocycles. The van der Waals surface area contributed by atoms with Crippen LogP contribution in [0.3, 0.4) is 0 Å². The summed E-state index contributed by atoms with van der Waals surface area (Å²) in [5.74, 6) is 1.35. The Bertz CT molecular complexity index is 403. The van der Waals surface area contributed by atoms with Gasteiger partial charge in [0, 0.05) is 13.1 Å². The fraction of sp³-hybridized carbons (Fsp3) is 0.500. The van der Waals surface area contributed by atoms with Crippen molar-refractivity contribution in [1.82, 2.24) is 4.90 Å². The minimum Gasteiger partial charge on any atom is -0.496 e. The van der Waals surface area contributed by atoms with Crippen LogP contribution in [0.25, 0.3) is 0 Å². The third kappa shape index (κ3) is 2.60.